The van der Waals surface area contributed by atoms with E-state index in [2.05, 4.69) is 44.3 Å². The van der Waals surface area contributed by atoms with Gasteiger partial charge in [0.1, 0.15) is 5.56 Å². The fraction of sp³-hybridized carbons (Fsp3) is 0.324. The van der Waals surface area contributed by atoms with Crippen LogP contribution < -0.4 is 16.6 Å². The van der Waals surface area contributed by atoms with Crippen molar-refractivity contribution < 1.29 is 9.53 Å². The second-order valence-electron chi connectivity index (χ2n) is 12.1. The Balaban J connectivity index is 1.25. The number of tetrazole rings is 1. The first-order chi connectivity index (χ1) is 23.0. The lowest BCUT2D eigenvalue weighted by Gasteiger charge is -2.42. The summed E-state index contributed by atoms with van der Waals surface area (Å²) in [5.41, 5.74) is 4.76. The lowest BCUT2D eigenvalue weighted by Crippen LogP contribution is -2.51. The summed E-state index contributed by atoms with van der Waals surface area (Å²) < 4.78 is 7.97. The summed E-state index contributed by atoms with van der Waals surface area (Å²) in [4.78, 5) is 45.2. The number of anilines is 1. The first-order valence-electron chi connectivity index (χ1n) is 15.5. The van der Waals surface area contributed by atoms with Crippen molar-refractivity contribution in [3.05, 3.63) is 109 Å². The highest BCUT2D eigenvalue weighted by Crippen LogP contribution is 2.40. The van der Waals surface area contributed by atoms with E-state index in [1.807, 2.05) is 31.2 Å². The minimum absolute atomic E-state index is 0.150. The quantitative estimate of drug-likeness (QED) is 0.210. The number of halogens is 1. The molecule has 1 saturated heterocycles. The van der Waals surface area contributed by atoms with Gasteiger partial charge in [0.25, 0.3) is 11.5 Å². The number of aryl methyl sites for hydroxylation is 1. The van der Waals surface area contributed by atoms with Gasteiger partial charge in [0.05, 0.1) is 17.8 Å². The van der Waals surface area contributed by atoms with Gasteiger partial charge < -0.3 is 14.6 Å². The zero-order chi connectivity index (χ0) is 34.3. The number of nitrogens with one attached hydrogen (secondary N) is 2. The molecule has 0 radical (unpaired) electrons. The summed E-state index contributed by atoms with van der Waals surface area (Å²) in [6, 6.07) is 11.2. The summed E-state index contributed by atoms with van der Waals surface area (Å²) >= 11 is 7.05. The van der Waals surface area contributed by atoms with Crippen molar-refractivity contribution in [3.63, 3.8) is 0 Å². The molecule has 0 bridgehead atoms. The number of aromatic amines is 1. The Morgan fingerprint density at radius 1 is 1.10 bits per heavy atom. The van der Waals surface area contributed by atoms with Crippen molar-refractivity contribution >= 4 is 34.8 Å². The van der Waals surface area contributed by atoms with E-state index in [0.717, 1.165) is 58.6 Å². The molecule has 4 aromatic rings. The minimum Gasteiger partial charge on any atom is -0.481 e. The second kappa shape index (κ2) is 13.2. The number of aromatic nitrogens is 6. The van der Waals surface area contributed by atoms with Crippen LogP contribution in [0.25, 0.3) is 16.8 Å². The number of nitrogens with zero attached hydrogens (tertiary/aromatic N) is 7. The van der Waals surface area contributed by atoms with Gasteiger partial charge in [-0.1, -0.05) is 59.3 Å². The molecule has 14 heteroatoms. The molecule has 0 saturated carbocycles. The molecular formula is C34H36ClN9O4. The van der Waals surface area contributed by atoms with Crippen molar-refractivity contribution in [1.29, 1.82) is 0 Å². The topological polar surface area (TPSA) is 152 Å². The zero-order valence-electron chi connectivity index (χ0n) is 27.4. The Kier molecular flexibility index (Phi) is 8.99. The van der Waals surface area contributed by atoms with Gasteiger partial charge in [-0.2, -0.15) is 5.21 Å². The Morgan fingerprint density at radius 3 is 2.54 bits per heavy atom. The van der Waals surface area contributed by atoms with E-state index in [9.17, 15) is 14.4 Å². The number of benzene rings is 2. The predicted molar refractivity (Wildman–Crippen MR) is 184 cm³/mol. The minimum atomic E-state index is -0.678. The van der Waals surface area contributed by atoms with E-state index in [4.69, 9.17) is 21.3 Å². The molecule has 1 aliphatic carbocycles. The first kappa shape index (κ1) is 32.8. The number of hydrogen-bond acceptors (Lipinski definition) is 9. The number of carbonyl (C=O) groups excluding carboxylic acids is 1. The number of rotatable bonds is 8. The summed E-state index contributed by atoms with van der Waals surface area (Å²) in [5.74, 6) is 0.851. The van der Waals surface area contributed by atoms with Crippen LogP contribution in [0, 0.1) is 6.92 Å². The second-order valence-corrected chi connectivity index (χ2v) is 12.5. The summed E-state index contributed by atoms with van der Waals surface area (Å²) in [7, 11) is 4.43. The van der Waals surface area contributed by atoms with Crippen LogP contribution in [0.5, 0.6) is 0 Å². The fourth-order valence-electron chi connectivity index (χ4n) is 6.46. The highest BCUT2D eigenvalue weighted by atomic mass is 35.5. The molecule has 0 unspecified atom stereocenters. The van der Waals surface area contributed by atoms with Crippen LogP contribution in [0.1, 0.15) is 53.0 Å². The fourth-order valence-corrected chi connectivity index (χ4v) is 6.79. The number of H-pyrrole nitrogens is 1. The van der Waals surface area contributed by atoms with Crippen LogP contribution in [0.2, 0.25) is 5.02 Å². The predicted octanol–water partition coefficient (Wildman–Crippen LogP) is 4.07. The Labute approximate surface area is 281 Å². The first-order valence-corrected chi connectivity index (χ1v) is 15.8. The molecule has 1 fully saturated rings. The number of likely N-dealkylation sites (tertiary alicyclic amines) is 1. The molecule has 2 N–H and O–H groups in total. The van der Waals surface area contributed by atoms with Crippen LogP contribution in [0.3, 0.4) is 0 Å². The smallest absolute Gasteiger partial charge is 0.330 e. The molecule has 1 atom stereocenters. The van der Waals surface area contributed by atoms with E-state index >= 15 is 0 Å². The third-order valence-electron chi connectivity index (χ3n) is 9.20. The van der Waals surface area contributed by atoms with Crippen LogP contribution in [0.15, 0.2) is 74.9 Å². The maximum absolute atomic E-state index is 13.2. The molecule has 248 valence electrons. The van der Waals surface area contributed by atoms with Crippen molar-refractivity contribution in [1.82, 2.24) is 34.7 Å². The number of amides is 1. The molecular weight excluding hydrogens is 634 g/mol. The molecule has 1 amide bonds. The molecule has 2 aromatic carbocycles. The number of allylic oxidation sites excluding steroid dienone is 1. The lowest BCUT2D eigenvalue weighted by atomic mass is 9.94. The maximum atomic E-state index is 13.2. The van der Waals surface area contributed by atoms with Gasteiger partial charge in [0.15, 0.2) is 5.82 Å². The van der Waals surface area contributed by atoms with Crippen LogP contribution in [-0.2, 0) is 18.8 Å². The highest BCUT2D eigenvalue weighted by Gasteiger charge is 2.41. The van der Waals surface area contributed by atoms with E-state index in [0.29, 0.717) is 27.9 Å². The van der Waals surface area contributed by atoms with Crippen LogP contribution >= 0.6 is 11.6 Å². The Morgan fingerprint density at radius 2 is 1.83 bits per heavy atom. The van der Waals surface area contributed by atoms with Gasteiger partial charge in [-0.25, -0.2) is 9.79 Å². The van der Waals surface area contributed by atoms with Gasteiger partial charge in [-0.05, 0) is 43.9 Å². The average molecular weight is 670 g/mol. The third-order valence-corrected chi connectivity index (χ3v) is 9.60. The zero-order valence-corrected chi connectivity index (χ0v) is 28.1. The Bertz CT molecular complexity index is 2110. The maximum Gasteiger partial charge on any atom is 0.330 e. The summed E-state index contributed by atoms with van der Waals surface area (Å²) in [6.07, 6.45) is 3.15. The molecule has 2 aromatic heterocycles. The van der Waals surface area contributed by atoms with Crippen molar-refractivity contribution in [2.24, 2.45) is 19.1 Å². The number of aliphatic imine (C=N–C) groups is 1. The highest BCUT2D eigenvalue weighted by molar-refractivity contribution is 6.35. The summed E-state index contributed by atoms with van der Waals surface area (Å²) in [6.45, 7) is 9.89. The number of hydrogen-bond donors (Lipinski definition) is 2. The third kappa shape index (κ3) is 5.90. The van der Waals surface area contributed by atoms with Gasteiger partial charge >= 0.3 is 5.69 Å². The van der Waals surface area contributed by atoms with Crippen LogP contribution in [0.4, 0.5) is 5.69 Å². The van der Waals surface area contributed by atoms with Gasteiger partial charge in [-0.3, -0.25) is 19.1 Å². The molecule has 6 rings (SSSR count). The molecule has 2 aliphatic rings. The van der Waals surface area contributed by atoms with E-state index in [-0.39, 0.29) is 17.5 Å². The SMILES string of the molecule is C=C(N=C(OC)C1=C(C)CC[C@@H]1N1CC(c2nn[nH]n2)C1)c1cccc(-c2cccc(NC(=O)c3cn(C)c(=O)n(C)c3=O)c2C)c1Cl. The Hall–Kier alpha value is -5.14. The van der Waals surface area contributed by atoms with Gasteiger partial charge in [0.2, 0.25) is 5.90 Å². The standard InChI is InChI=1S/C34H36ClN9O4/c1-18-13-14-27(44-15-21(16-44)30-38-40-41-39-30)28(18)32(48-6)36-20(3)23-10-7-11-24(29(23)35)22-9-8-12-26(19(22)2)37-31(45)25-17-42(4)34(47)43(5)33(25)46/h7-12,17,21,27H,3,13-16H2,1-2,4-6H3,(H,37,45)(H,38,39,40,41)/t27-/m0/s1. The average Bonchev–Trinajstić information content (AvgIpc) is 3.71. The largest absolute Gasteiger partial charge is 0.481 e. The van der Waals surface area contributed by atoms with Crippen molar-refractivity contribution in [2.75, 3.05) is 25.5 Å². The van der Waals surface area contributed by atoms with E-state index in [1.165, 1.54) is 30.4 Å². The van der Waals surface area contributed by atoms with Gasteiger partial charge in [0, 0.05) is 67.7 Å². The number of methoxy groups -OCH3 is 1. The van der Waals surface area contributed by atoms with Crippen LogP contribution in [-0.4, -0.2) is 72.7 Å². The van der Waals surface area contributed by atoms with Crippen molar-refractivity contribution in [2.45, 2.75) is 38.6 Å². The van der Waals surface area contributed by atoms with Crippen molar-refractivity contribution in [3.8, 4) is 11.1 Å². The van der Waals surface area contributed by atoms with E-state index < -0.39 is 17.2 Å². The molecule has 3 heterocycles. The number of ether oxygens (including phenoxy) is 1. The molecule has 0 spiro atoms. The van der Waals surface area contributed by atoms with E-state index in [1.54, 1.807) is 19.2 Å². The van der Waals surface area contributed by atoms with Gasteiger partial charge in [-0.15, -0.1) is 10.2 Å². The number of carbonyl (C=O) groups is 1. The normalized spacial score (nSPS) is 17.0. The lowest BCUT2D eigenvalue weighted by molar-refractivity contribution is 0.102. The monoisotopic (exact) mass is 669 g/mol. The molecule has 48 heavy (non-hydrogen) atoms. The molecule has 1 aliphatic heterocycles. The summed E-state index contributed by atoms with van der Waals surface area (Å²) in [5, 5.41) is 17.8. The molecule has 13 nitrogen and oxygen atoms in total.